The van der Waals surface area contributed by atoms with E-state index in [1.54, 1.807) is 16.9 Å². The predicted molar refractivity (Wildman–Crippen MR) is 98.5 cm³/mol. The molecule has 0 atom stereocenters. The van der Waals surface area contributed by atoms with Crippen molar-refractivity contribution >= 4 is 23.0 Å². The van der Waals surface area contributed by atoms with E-state index in [9.17, 15) is 0 Å². The third-order valence-corrected chi connectivity index (χ3v) is 4.13. The van der Waals surface area contributed by atoms with E-state index < -0.39 is 0 Å². The minimum atomic E-state index is 0.491. The number of ether oxygens (including phenoxy) is 1. The van der Waals surface area contributed by atoms with E-state index in [0.29, 0.717) is 5.82 Å². The summed E-state index contributed by atoms with van der Waals surface area (Å²) < 4.78 is 7.12. The van der Waals surface area contributed by atoms with Crippen LogP contribution in [0.4, 0.5) is 23.0 Å². The van der Waals surface area contributed by atoms with Crippen molar-refractivity contribution in [2.24, 2.45) is 0 Å². The average molecular weight is 336 g/mol. The summed E-state index contributed by atoms with van der Waals surface area (Å²) in [6, 6.07) is 13.9. The van der Waals surface area contributed by atoms with E-state index in [2.05, 4.69) is 44.6 Å². The van der Waals surface area contributed by atoms with Gasteiger partial charge in [-0.05, 0) is 30.3 Å². The summed E-state index contributed by atoms with van der Waals surface area (Å²) in [7, 11) is 0. The Kier molecular flexibility index (Phi) is 4.22. The normalized spacial score (nSPS) is 14.5. The Balaban J connectivity index is 1.48. The van der Waals surface area contributed by atoms with Crippen LogP contribution in [0.25, 0.3) is 5.69 Å². The maximum absolute atomic E-state index is 5.68. The third kappa shape index (κ3) is 3.56. The zero-order valence-corrected chi connectivity index (χ0v) is 13.8. The molecule has 0 bridgehead atoms. The van der Waals surface area contributed by atoms with Crippen LogP contribution in [0.3, 0.4) is 0 Å². The summed E-state index contributed by atoms with van der Waals surface area (Å²) in [6.07, 6.45) is 3.57. The first-order valence-corrected chi connectivity index (χ1v) is 8.25. The summed E-state index contributed by atoms with van der Waals surface area (Å²) in [5.41, 5.74) is 8.78. The van der Waals surface area contributed by atoms with Crippen LogP contribution in [0.2, 0.25) is 0 Å². The van der Waals surface area contributed by atoms with Gasteiger partial charge in [-0.3, -0.25) is 0 Å². The number of rotatable bonds is 4. The van der Waals surface area contributed by atoms with Crippen molar-refractivity contribution in [3.8, 4) is 5.69 Å². The summed E-state index contributed by atoms with van der Waals surface area (Å²) in [4.78, 5) is 6.70. The molecule has 2 aromatic heterocycles. The van der Waals surface area contributed by atoms with E-state index in [-0.39, 0.29) is 0 Å². The molecule has 0 saturated carbocycles. The van der Waals surface area contributed by atoms with Gasteiger partial charge in [0.1, 0.15) is 11.6 Å². The summed E-state index contributed by atoms with van der Waals surface area (Å²) in [6.45, 7) is 3.44. The van der Waals surface area contributed by atoms with E-state index in [1.165, 1.54) is 5.69 Å². The van der Waals surface area contributed by atoms with Crippen molar-refractivity contribution in [3.63, 3.8) is 0 Å². The van der Waals surface area contributed by atoms with Crippen LogP contribution in [-0.4, -0.2) is 41.1 Å². The number of benzene rings is 1. The number of aromatic nitrogens is 3. The Morgan fingerprint density at radius 3 is 2.52 bits per heavy atom. The van der Waals surface area contributed by atoms with E-state index in [0.717, 1.165) is 43.5 Å². The molecule has 3 N–H and O–H groups in total. The molecular formula is C18H20N6O. The smallest absolute Gasteiger partial charge is 0.145 e. The molecule has 0 aliphatic carbocycles. The van der Waals surface area contributed by atoms with Crippen molar-refractivity contribution in [2.45, 2.75) is 0 Å². The molecule has 3 aromatic rings. The summed E-state index contributed by atoms with van der Waals surface area (Å²) in [5.74, 6) is 1.25. The number of nitrogen functional groups attached to an aromatic ring is 1. The van der Waals surface area contributed by atoms with E-state index in [1.807, 2.05) is 18.3 Å². The molecule has 7 nitrogen and oxygen atoms in total. The first-order chi connectivity index (χ1) is 12.3. The van der Waals surface area contributed by atoms with Gasteiger partial charge in [-0.25, -0.2) is 9.67 Å². The highest BCUT2D eigenvalue weighted by atomic mass is 16.5. The molecule has 0 unspecified atom stereocenters. The Morgan fingerprint density at radius 2 is 1.80 bits per heavy atom. The number of morpholine rings is 1. The molecule has 128 valence electrons. The topological polar surface area (TPSA) is 81.2 Å². The van der Waals surface area contributed by atoms with Gasteiger partial charge in [0.15, 0.2) is 0 Å². The molecule has 0 spiro atoms. The van der Waals surface area contributed by atoms with E-state index >= 15 is 0 Å². The standard InChI is InChI=1S/C18H20N6O/c19-17-6-8-24(22-17)16-5-7-20-18(13-16)21-14-1-3-15(4-2-14)23-9-11-25-12-10-23/h1-8,13H,9-12H2,(H2,19,22)(H,20,21). The molecule has 3 heterocycles. The quantitative estimate of drug-likeness (QED) is 0.761. The molecule has 4 rings (SSSR count). The molecule has 7 heteroatoms. The van der Waals surface area contributed by atoms with Crippen LogP contribution >= 0.6 is 0 Å². The van der Waals surface area contributed by atoms with Gasteiger partial charge in [0.25, 0.3) is 0 Å². The lowest BCUT2D eigenvalue weighted by atomic mass is 10.2. The monoisotopic (exact) mass is 336 g/mol. The van der Waals surface area contributed by atoms with Crippen LogP contribution in [0.15, 0.2) is 54.9 Å². The second-order valence-electron chi connectivity index (χ2n) is 5.86. The van der Waals surface area contributed by atoms with Gasteiger partial charge in [-0.1, -0.05) is 0 Å². The maximum atomic E-state index is 5.68. The van der Waals surface area contributed by atoms with Gasteiger partial charge in [0, 0.05) is 49.0 Å². The van der Waals surface area contributed by atoms with Crippen molar-refractivity contribution in [3.05, 3.63) is 54.9 Å². The van der Waals surface area contributed by atoms with Crippen molar-refractivity contribution in [1.29, 1.82) is 0 Å². The fourth-order valence-electron chi connectivity index (χ4n) is 2.84. The maximum Gasteiger partial charge on any atom is 0.145 e. The van der Waals surface area contributed by atoms with Gasteiger partial charge in [-0.15, -0.1) is 0 Å². The molecule has 1 aliphatic heterocycles. The number of hydrogen-bond donors (Lipinski definition) is 2. The van der Waals surface area contributed by atoms with Gasteiger partial charge >= 0.3 is 0 Å². The van der Waals surface area contributed by atoms with Crippen molar-refractivity contribution in [1.82, 2.24) is 14.8 Å². The molecule has 1 aliphatic rings. The second kappa shape index (κ2) is 6.82. The lowest BCUT2D eigenvalue weighted by Crippen LogP contribution is -2.36. The fourth-order valence-corrected chi connectivity index (χ4v) is 2.84. The molecule has 1 aromatic carbocycles. The van der Waals surface area contributed by atoms with Gasteiger partial charge in [0.2, 0.25) is 0 Å². The Labute approximate surface area is 146 Å². The fraction of sp³-hybridized carbons (Fsp3) is 0.222. The number of anilines is 4. The number of nitrogens with two attached hydrogens (primary N) is 1. The number of nitrogens with zero attached hydrogens (tertiary/aromatic N) is 4. The van der Waals surface area contributed by atoms with Gasteiger partial charge < -0.3 is 20.7 Å². The molecular weight excluding hydrogens is 316 g/mol. The number of nitrogens with one attached hydrogen (secondary N) is 1. The molecule has 1 fully saturated rings. The Bertz CT molecular complexity index is 839. The first kappa shape index (κ1) is 15.5. The molecule has 25 heavy (non-hydrogen) atoms. The number of hydrogen-bond acceptors (Lipinski definition) is 6. The summed E-state index contributed by atoms with van der Waals surface area (Å²) in [5, 5.41) is 7.54. The van der Waals surface area contributed by atoms with Crippen molar-refractivity contribution < 1.29 is 4.74 Å². The highest BCUT2D eigenvalue weighted by Gasteiger charge is 2.10. The number of pyridine rings is 1. The minimum absolute atomic E-state index is 0.491. The first-order valence-electron chi connectivity index (χ1n) is 8.25. The van der Waals surface area contributed by atoms with Crippen LogP contribution < -0.4 is 16.0 Å². The van der Waals surface area contributed by atoms with Crippen LogP contribution in [0.1, 0.15) is 0 Å². The van der Waals surface area contributed by atoms with Gasteiger partial charge in [0.05, 0.1) is 18.9 Å². The zero-order chi connectivity index (χ0) is 17.1. The van der Waals surface area contributed by atoms with Crippen LogP contribution in [-0.2, 0) is 4.74 Å². The lowest BCUT2D eigenvalue weighted by Gasteiger charge is -2.28. The Hall–Kier alpha value is -3.06. The Morgan fingerprint density at radius 1 is 1.00 bits per heavy atom. The predicted octanol–water partition coefficient (Wildman–Crippen LogP) is 2.43. The largest absolute Gasteiger partial charge is 0.382 e. The molecule has 1 saturated heterocycles. The molecule has 0 radical (unpaired) electrons. The van der Waals surface area contributed by atoms with Crippen LogP contribution in [0.5, 0.6) is 0 Å². The lowest BCUT2D eigenvalue weighted by molar-refractivity contribution is 0.122. The highest BCUT2D eigenvalue weighted by molar-refractivity contribution is 5.62. The average Bonchev–Trinajstić information content (AvgIpc) is 3.10. The zero-order valence-electron chi connectivity index (χ0n) is 13.8. The third-order valence-electron chi connectivity index (χ3n) is 4.13. The van der Waals surface area contributed by atoms with Crippen LogP contribution in [0, 0.1) is 0 Å². The summed E-state index contributed by atoms with van der Waals surface area (Å²) >= 11 is 0. The SMILES string of the molecule is Nc1ccn(-c2ccnc(Nc3ccc(N4CCOCC4)cc3)c2)n1. The van der Waals surface area contributed by atoms with Crippen molar-refractivity contribution in [2.75, 3.05) is 42.3 Å². The van der Waals surface area contributed by atoms with Gasteiger partial charge in [-0.2, -0.15) is 5.10 Å². The second-order valence-corrected chi connectivity index (χ2v) is 5.86. The minimum Gasteiger partial charge on any atom is -0.382 e. The molecule has 0 amide bonds. The van der Waals surface area contributed by atoms with E-state index in [4.69, 9.17) is 10.5 Å². The highest BCUT2D eigenvalue weighted by Crippen LogP contribution is 2.22.